The Bertz CT molecular complexity index is 780. The molecule has 0 saturated carbocycles. The normalized spacial score (nSPS) is 12.1. The van der Waals surface area contributed by atoms with Crippen LogP contribution in [0.4, 0.5) is 5.69 Å². The van der Waals surface area contributed by atoms with Gasteiger partial charge in [-0.05, 0) is 22.9 Å². The topological polar surface area (TPSA) is 21.3 Å². The Morgan fingerprint density at radius 2 is 1.61 bits per heavy atom. The second kappa shape index (κ2) is 7.19. The van der Waals surface area contributed by atoms with Gasteiger partial charge in [0.05, 0.1) is 0 Å². The van der Waals surface area contributed by atoms with Crippen molar-refractivity contribution in [2.24, 2.45) is 0 Å². The summed E-state index contributed by atoms with van der Waals surface area (Å²) in [5.41, 5.74) is 3.82. The van der Waals surface area contributed by atoms with E-state index in [0.717, 1.165) is 18.7 Å². The number of hydrogen-bond donors (Lipinski definition) is 1. The van der Waals surface area contributed by atoms with Gasteiger partial charge in [0.15, 0.2) is 0 Å². The minimum Gasteiger partial charge on any atom is -0.488 e. The summed E-state index contributed by atoms with van der Waals surface area (Å²) in [4.78, 5) is 0. The van der Waals surface area contributed by atoms with Crippen LogP contribution in [0.3, 0.4) is 0 Å². The third-order valence-corrected chi connectivity index (χ3v) is 4.05. The quantitative estimate of drug-likeness (QED) is 0.698. The maximum Gasteiger partial charge on any atom is 0.129 e. The molecular weight excluding hydrogens is 282 g/mol. The molecule has 0 radical (unpaired) electrons. The maximum absolute atomic E-state index is 6.09. The Kier molecular flexibility index (Phi) is 4.82. The smallest absolute Gasteiger partial charge is 0.129 e. The minimum absolute atomic E-state index is 0.601. The highest BCUT2D eigenvalue weighted by Crippen LogP contribution is 2.37. The highest BCUT2D eigenvalue weighted by molar-refractivity contribution is 5.96. The second-order valence-electron chi connectivity index (χ2n) is 5.40. The van der Waals surface area contributed by atoms with Crippen LogP contribution in [0, 0.1) is 0 Å². The van der Waals surface area contributed by atoms with Crippen LogP contribution in [-0.4, -0.2) is 6.54 Å². The number of hydrogen-bond acceptors (Lipinski definition) is 2. The van der Waals surface area contributed by atoms with Crippen molar-refractivity contribution in [2.45, 2.75) is 26.9 Å². The molecule has 0 aliphatic carbocycles. The van der Waals surface area contributed by atoms with Crippen molar-refractivity contribution < 1.29 is 4.74 Å². The Balaban J connectivity index is 0.000000753. The average molecular weight is 305 g/mol. The van der Waals surface area contributed by atoms with Crippen LogP contribution < -0.4 is 10.1 Å². The third-order valence-electron chi connectivity index (χ3n) is 4.05. The zero-order valence-electron chi connectivity index (χ0n) is 13.8. The van der Waals surface area contributed by atoms with Crippen LogP contribution >= 0.6 is 0 Å². The fraction of sp³-hybridized carbons (Fsp3) is 0.238. The van der Waals surface area contributed by atoms with Gasteiger partial charge in [-0.3, -0.25) is 0 Å². The summed E-state index contributed by atoms with van der Waals surface area (Å²) < 4.78 is 6.09. The van der Waals surface area contributed by atoms with Gasteiger partial charge in [-0.25, -0.2) is 0 Å². The Hall–Kier alpha value is -2.48. The summed E-state index contributed by atoms with van der Waals surface area (Å²) in [7, 11) is 0. The van der Waals surface area contributed by atoms with E-state index >= 15 is 0 Å². The van der Waals surface area contributed by atoms with Crippen LogP contribution in [-0.2, 0) is 13.0 Å². The molecule has 118 valence electrons. The van der Waals surface area contributed by atoms with Gasteiger partial charge >= 0.3 is 0 Å². The van der Waals surface area contributed by atoms with Crippen molar-refractivity contribution in [1.29, 1.82) is 0 Å². The molecule has 0 bridgehead atoms. The number of fused-ring (bicyclic) bond motifs is 3. The van der Waals surface area contributed by atoms with Gasteiger partial charge in [0.2, 0.25) is 0 Å². The van der Waals surface area contributed by atoms with Crippen molar-refractivity contribution in [3.8, 4) is 5.75 Å². The molecule has 1 heterocycles. The number of rotatable bonds is 3. The van der Waals surface area contributed by atoms with E-state index in [1.54, 1.807) is 0 Å². The van der Waals surface area contributed by atoms with E-state index in [4.69, 9.17) is 4.74 Å². The SMILES string of the molecule is CC.c1ccc(COc2cc3c(c4ccccc24)CCN3)cc1. The summed E-state index contributed by atoms with van der Waals surface area (Å²) in [5.74, 6) is 0.961. The van der Waals surface area contributed by atoms with Crippen LogP contribution in [0.5, 0.6) is 5.75 Å². The molecule has 2 heteroatoms. The van der Waals surface area contributed by atoms with E-state index in [1.165, 1.54) is 27.6 Å². The largest absolute Gasteiger partial charge is 0.488 e. The van der Waals surface area contributed by atoms with E-state index in [-0.39, 0.29) is 0 Å². The predicted molar refractivity (Wildman–Crippen MR) is 98.3 cm³/mol. The summed E-state index contributed by atoms with van der Waals surface area (Å²) in [5, 5.41) is 5.96. The van der Waals surface area contributed by atoms with E-state index < -0.39 is 0 Å². The summed E-state index contributed by atoms with van der Waals surface area (Å²) in [6, 6.07) is 21.0. The summed E-state index contributed by atoms with van der Waals surface area (Å²) in [6.07, 6.45) is 1.09. The molecule has 0 fully saturated rings. The fourth-order valence-electron chi connectivity index (χ4n) is 3.01. The molecule has 0 saturated heterocycles. The molecule has 0 atom stereocenters. The van der Waals surface area contributed by atoms with Crippen molar-refractivity contribution in [3.63, 3.8) is 0 Å². The lowest BCUT2D eigenvalue weighted by Crippen LogP contribution is -1.97. The molecule has 4 rings (SSSR count). The minimum atomic E-state index is 0.601. The Morgan fingerprint density at radius 1 is 0.913 bits per heavy atom. The summed E-state index contributed by atoms with van der Waals surface area (Å²) in [6.45, 7) is 5.62. The van der Waals surface area contributed by atoms with Gasteiger partial charge in [0, 0.05) is 23.7 Å². The average Bonchev–Trinajstić information content (AvgIpc) is 3.11. The number of benzene rings is 3. The molecular formula is C21H23NO. The lowest BCUT2D eigenvalue weighted by atomic mass is 10.0. The standard InChI is InChI=1S/C19H17NO.C2H6/c1-2-6-14(7-3-1)13-21-19-12-18-16(10-11-20-18)15-8-4-5-9-17(15)19;1-2/h1-9,12,20H,10-11,13H2;1-2H3. The lowest BCUT2D eigenvalue weighted by Gasteiger charge is -2.13. The van der Waals surface area contributed by atoms with Crippen molar-refractivity contribution in [3.05, 3.63) is 71.8 Å². The van der Waals surface area contributed by atoms with E-state index in [2.05, 4.69) is 47.8 Å². The monoisotopic (exact) mass is 305 g/mol. The van der Waals surface area contributed by atoms with Crippen molar-refractivity contribution >= 4 is 16.5 Å². The molecule has 0 spiro atoms. The van der Waals surface area contributed by atoms with Crippen LogP contribution in [0.15, 0.2) is 60.7 Å². The van der Waals surface area contributed by atoms with Gasteiger partial charge < -0.3 is 10.1 Å². The highest BCUT2D eigenvalue weighted by atomic mass is 16.5. The molecule has 0 amide bonds. The van der Waals surface area contributed by atoms with E-state index in [1.807, 2.05) is 32.0 Å². The molecule has 3 aromatic rings. The van der Waals surface area contributed by atoms with Crippen LogP contribution in [0.2, 0.25) is 0 Å². The summed E-state index contributed by atoms with van der Waals surface area (Å²) >= 11 is 0. The van der Waals surface area contributed by atoms with E-state index in [9.17, 15) is 0 Å². The first-order valence-electron chi connectivity index (χ1n) is 8.37. The zero-order chi connectivity index (χ0) is 16.1. The van der Waals surface area contributed by atoms with Gasteiger partial charge in [-0.1, -0.05) is 68.4 Å². The Labute approximate surface area is 138 Å². The first-order valence-corrected chi connectivity index (χ1v) is 8.37. The van der Waals surface area contributed by atoms with Gasteiger partial charge in [0.1, 0.15) is 12.4 Å². The van der Waals surface area contributed by atoms with Gasteiger partial charge in [-0.2, -0.15) is 0 Å². The second-order valence-corrected chi connectivity index (χ2v) is 5.40. The predicted octanol–water partition coefficient (Wildman–Crippen LogP) is 5.41. The molecule has 1 aliphatic rings. The van der Waals surface area contributed by atoms with Crippen LogP contribution in [0.1, 0.15) is 25.0 Å². The third kappa shape index (κ3) is 3.16. The van der Waals surface area contributed by atoms with Crippen molar-refractivity contribution in [2.75, 3.05) is 11.9 Å². The lowest BCUT2D eigenvalue weighted by molar-refractivity contribution is 0.310. The molecule has 0 aromatic heterocycles. The van der Waals surface area contributed by atoms with Gasteiger partial charge in [0.25, 0.3) is 0 Å². The molecule has 0 unspecified atom stereocenters. The van der Waals surface area contributed by atoms with Crippen molar-refractivity contribution in [1.82, 2.24) is 0 Å². The molecule has 2 nitrogen and oxygen atoms in total. The molecule has 3 aromatic carbocycles. The fourth-order valence-corrected chi connectivity index (χ4v) is 3.01. The number of anilines is 1. The Morgan fingerprint density at radius 3 is 2.39 bits per heavy atom. The zero-order valence-corrected chi connectivity index (χ0v) is 13.8. The van der Waals surface area contributed by atoms with Gasteiger partial charge in [-0.15, -0.1) is 0 Å². The molecule has 1 N–H and O–H groups in total. The number of ether oxygens (including phenoxy) is 1. The molecule has 23 heavy (non-hydrogen) atoms. The van der Waals surface area contributed by atoms with Crippen LogP contribution in [0.25, 0.3) is 10.8 Å². The first kappa shape index (κ1) is 15.4. The number of nitrogens with one attached hydrogen (secondary N) is 1. The molecule has 1 aliphatic heterocycles. The van der Waals surface area contributed by atoms with E-state index in [0.29, 0.717) is 6.61 Å². The maximum atomic E-state index is 6.09. The first-order chi connectivity index (χ1) is 11.4. The highest BCUT2D eigenvalue weighted by Gasteiger charge is 2.16.